The van der Waals surface area contributed by atoms with E-state index in [0.717, 1.165) is 34.8 Å². The number of pyridine rings is 1. The number of aromatic nitrogens is 1. The summed E-state index contributed by atoms with van der Waals surface area (Å²) in [6.45, 7) is -0.560. The van der Waals surface area contributed by atoms with Crippen LogP contribution in [0.15, 0.2) is 59.6 Å². The van der Waals surface area contributed by atoms with E-state index in [2.05, 4.69) is 9.72 Å². The third-order valence-corrected chi connectivity index (χ3v) is 7.12. The molecule has 0 fully saturated rings. The zero-order chi connectivity index (χ0) is 25.3. The second kappa shape index (κ2) is 9.99. The van der Waals surface area contributed by atoms with E-state index in [-0.39, 0.29) is 31.9 Å². The molecule has 0 saturated carbocycles. The molecule has 1 aromatic heterocycles. The van der Waals surface area contributed by atoms with Gasteiger partial charge in [-0.05, 0) is 48.0 Å². The van der Waals surface area contributed by atoms with Crippen molar-refractivity contribution in [2.45, 2.75) is 17.6 Å². The summed E-state index contributed by atoms with van der Waals surface area (Å²) in [5, 5.41) is -0.557. The second-order valence-corrected chi connectivity index (χ2v) is 9.91. The second-order valence-electron chi connectivity index (χ2n) is 6.80. The Hall–Kier alpha value is -2.53. The zero-order valence-corrected chi connectivity index (χ0v) is 20.2. The number of anilines is 1. The highest BCUT2D eigenvalue weighted by molar-refractivity contribution is 7.92. The Balaban J connectivity index is 2.12. The minimum atomic E-state index is -4.75. The van der Waals surface area contributed by atoms with Gasteiger partial charge in [-0.25, -0.2) is 22.5 Å². The number of halogens is 6. The van der Waals surface area contributed by atoms with Gasteiger partial charge in [0.2, 0.25) is 0 Å². The number of alkyl halides is 3. The number of sulfonamides is 1. The molecule has 2 aromatic carbocycles. The maximum absolute atomic E-state index is 13.5. The van der Waals surface area contributed by atoms with Gasteiger partial charge in [-0.1, -0.05) is 40.9 Å². The smallest absolute Gasteiger partial charge is 0.417 e. The van der Waals surface area contributed by atoms with Gasteiger partial charge in [0.05, 0.1) is 44.7 Å². The number of carbonyl (C=O) groups excluding carboxylic acids is 1. The minimum Gasteiger partial charge on any atom is -0.465 e. The first-order valence-corrected chi connectivity index (χ1v) is 11.8. The van der Waals surface area contributed by atoms with Crippen LogP contribution in [0.5, 0.6) is 0 Å². The van der Waals surface area contributed by atoms with E-state index in [1.807, 2.05) is 0 Å². The number of esters is 1. The summed E-state index contributed by atoms with van der Waals surface area (Å²) < 4.78 is 72.3. The Labute approximate surface area is 207 Å². The molecule has 1 heterocycles. The van der Waals surface area contributed by atoms with Crippen molar-refractivity contribution in [2.75, 3.05) is 11.4 Å². The van der Waals surface area contributed by atoms with Gasteiger partial charge in [0.15, 0.2) is 5.82 Å². The molecule has 13 heteroatoms. The molecular formula is C21H14Cl3F3N2O4S. The highest BCUT2D eigenvalue weighted by Gasteiger charge is 2.34. The highest BCUT2D eigenvalue weighted by Crippen LogP contribution is 2.37. The van der Waals surface area contributed by atoms with Crippen molar-refractivity contribution in [3.05, 3.63) is 86.5 Å². The van der Waals surface area contributed by atoms with Crippen LogP contribution in [0, 0.1) is 0 Å². The average Bonchev–Trinajstić information content (AvgIpc) is 2.77. The molecular weight excluding hydrogens is 540 g/mol. The molecule has 180 valence electrons. The first-order valence-electron chi connectivity index (χ1n) is 9.22. The van der Waals surface area contributed by atoms with E-state index in [9.17, 15) is 26.4 Å². The Kier molecular flexibility index (Phi) is 7.66. The third-order valence-electron chi connectivity index (χ3n) is 4.55. The third kappa shape index (κ3) is 5.57. The topological polar surface area (TPSA) is 76.6 Å². The minimum absolute atomic E-state index is 0.0284. The first-order chi connectivity index (χ1) is 15.8. The summed E-state index contributed by atoms with van der Waals surface area (Å²) in [5.74, 6) is -0.935. The van der Waals surface area contributed by atoms with Crippen molar-refractivity contribution >= 4 is 56.6 Å². The number of benzene rings is 2. The number of methoxy groups -OCH3 is 1. The summed E-state index contributed by atoms with van der Waals surface area (Å²) in [5.41, 5.74) is -1.05. The maximum Gasteiger partial charge on any atom is 0.417 e. The Morgan fingerprint density at radius 2 is 1.68 bits per heavy atom. The number of nitrogens with zero attached hydrogens (tertiary/aromatic N) is 2. The highest BCUT2D eigenvalue weighted by atomic mass is 35.5. The van der Waals surface area contributed by atoms with Crippen LogP contribution in [0.4, 0.5) is 19.0 Å². The fraction of sp³-hybridized carbons (Fsp3) is 0.143. The molecule has 0 aliphatic carbocycles. The van der Waals surface area contributed by atoms with Crippen LogP contribution >= 0.6 is 34.8 Å². The van der Waals surface area contributed by atoms with E-state index < -0.39 is 39.3 Å². The van der Waals surface area contributed by atoms with E-state index in [0.29, 0.717) is 0 Å². The monoisotopic (exact) mass is 552 g/mol. The number of ether oxygens (including phenoxy) is 1. The van der Waals surface area contributed by atoms with Crippen molar-refractivity contribution in [1.82, 2.24) is 4.98 Å². The standard InChI is InChI=1S/C21H14Cl3F3N2O4S/c1-33-20(30)13-3-5-15(6-4-13)34(31,32)29(19-18(24)9-14(22)10-28-19)11-12-2-7-17(23)16(8-12)21(25,26)27/h2-10H,11H2,1H3. The molecule has 0 spiro atoms. The lowest BCUT2D eigenvalue weighted by Gasteiger charge is -2.25. The molecule has 0 atom stereocenters. The number of hydrogen-bond acceptors (Lipinski definition) is 5. The fourth-order valence-electron chi connectivity index (χ4n) is 2.93. The van der Waals surface area contributed by atoms with E-state index in [1.165, 1.54) is 31.4 Å². The summed E-state index contributed by atoms with van der Waals surface area (Å²) in [6.07, 6.45) is -3.61. The van der Waals surface area contributed by atoms with Gasteiger partial charge < -0.3 is 4.74 Å². The average molecular weight is 554 g/mol. The van der Waals surface area contributed by atoms with Crippen LogP contribution in [0.2, 0.25) is 15.1 Å². The Morgan fingerprint density at radius 1 is 1.03 bits per heavy atom. The van der Waals surface area contributed by atoms with Gasteiger partial charge in [0.25, 0.3) is 10.0 Å². The SMILES string of the molecule is COC(=O)c1ccc(S(=O)(=O)N(Cc2ccc(Cl)c(C(F)(F)F)c2)c2ncc(Cl)cc2Cl)cc1. The molecule has 3 aromatic rings. The molecule has 0 aliphatic rings. The molecule has 3 rings (SSSR count). The van der Waals surface area contributed by atoms with Gasteiger partial charge in [-0.2, -0.15) is 13.2 Å². The predicted octanol–water partition coefficient (Wildman–Crippen LogP) is 6.24. The Bertz CT molecular complexity index is 1330. The van der Waals surface area contributed by atoms with E-state index in [4.69, 9.17) is 34.8 Å². The zero-order valence-electron chi connectivity index (χ0n) is 17.1. The first kappa shape index (κ1) is 26.1. The van der Waals surface area contributed by atoms with Crippen LogP contribution in [0.25, 0.3) is 0 Å². The van der Waals surface area contributed by atoms with Crippen LogP contribution in [0.3, 0.4) is 0 Å². The fourth-order valence-corrected chi connectivity index (χ4v) is 5.11. The summed E-state index contributed by atoms with van der Waals surface area (Å²) in [7, 11) is -3.25. The van der Waals surface area contributed by atoms with E-state index in [1.54, 1.807) is 0 Å². The van der Waals surface area contributed by atoms with Crippen LogP contribution in [-0.2, 0) is 27.5 Å². The lowest BCUT2D eigenvalue weighted by molar-refractivity contribution is -0.137. The van der Waals surface area contributed by atoms with Crippen molar-refractivity contribution < 1.29 is 31.1 Å². The number of carbonyl (C=O) groups is 1. The van der Waals surface area contributed by atoms with Crippen molar-refractivity contribution in [2.24, 2.45) is 0 Å². The lowest BCUT2D eigenvalue weighted by atomic mass is 10.1. The summed E-state index contributed by atoms with van der Waals surface area (Å²) >= 11 is 17.7. The van der Waals surface area contributed by atoms with Crippen molar-refractivity contribution in [3.63, 3.8) is 0 Å². The molecule has 0 bridgehead atoms. The van der Waals surface area contributed by atoms with Gasteiger partial charge in [0, 0.05) is 6.20 Å². The lowest BCUT2D eigenvalue weighted by Crippen LogP contribution is -2.31. The molecule has 6 nitrogen and oxygen atoms in total. The van der Waals surface area contributed by atoms with Gasteiger partial charge in [-0.15, -0.1) is 0 Å². The normalized spacial score (nSPS) is 11.9. The largest absolute Gasteiger partial charge is 0.465 e. The number of hydrogen-bond donors (Lipinski definition) is 0. The molecule has 0 radical (unpaired) electrons. The summed E-state index contributed by atoms with van der Waals surface area (Å²) in [6, 6.07) is 9.04. The summed E-state index contributed by atoms with van der Waals surface area (Å²) in [4.78, 5) is 15.4. The maximum atomic E-state index is 13.5. The van der Waals surface area contributed by atoms with Crippen molar-refractivity contribution in [3.8, 4) is 0 Å². The molecule has 0 N–H and O–H groups in total. The van der Waals surface area contributed by atoms with Crippen LogP contribution in [0.1, 0.15) is 21.5 Å². The van der Waals surface area contributed by atoms with Crippen molar-refractivity contribution in [1.29, 1.82) is 0 Å². The van der Waals surface area contributed by atoms with Crippen LogP contribution in [-0.4, -0.2) is 26.5 Å². The quantitative estimate of drug-likeness (QED) is 0.338. The van der Waals surface area contributed by atoms with Crippen LogP contribution < -0.4 is 4.31 Å². The van der Waals surface area contributed by atoms with Gasteiger partial charge in [0.1, 0.15) is 0 Å². The van der Waals surface area contributed by atoms with Gasteiger partial charge >= 0.3 is 12.1 Å². The molecule has 34 heavy (non-hydrogen) atoms. The molecule has 0 amide bonds. The predicted molar refractivity (Wildman–Crippen MR) is 122 cm³/mol. The molecule has 0 aliphatic heterocycles. The molecule has 0 saturated heterocycles. The van der Waals surface area contributed by atoms with Gasteiger partial charge in [-0.3, -0.25) is 0 Å². The molecule has 0 unspecified atom stereocenters. The van der Waals surface area contributed by atoms with E-state index >= 15 is 0 Å². The Morgan fingerprint density at radius 3 is 2.24 bits per heavy atom. The number of rotatable bonds is 6.